The smallest absolute Gasteiger partial charge is 0.239 e. The summed E-state index contributed by atoms with van der Waals surface area (Å²) in [5, 5.41) is 5.34. The molecule has 1 saturated carbocycles. The van der Waals surface area contributed by atoms with E-state index >= 15 is 0 Å². The van der Waals surface area contributed by atoms with Gasteiger partial charge in [-0.25, -0.2) is 0 Å². The van der Waals surface area contributed by atoms with Gasteiger partial charge in [0.05, 0.1) is 12.6 Å². The van der Waals surface area contributed by atoms with Crippen molar-refractivity contribution < 1.29 is 9.59 Å². The van der Waals surface area contributed by atoms with Gasteiger partial charge in [-0.15, -0.1) is 0 Å². The summed E-state index contributed by atoms with van der Waals surface area (Å²) in [4.78, 5) is 22.9. The summed E-state index contributed by atoms with van der Waals surface area (Å²) in [6.45, 7) is 4.47. The normalized spacial score (nSPS) is 16.4. The minimum absolute atomic E-state index is 0.0165. The van der Waals surface area contributed by atoms with Crippen molar-refractivity contribution in [2.45, 2.75) is 45.6 Å². The lowest BCUT2D eigenvalue weighted by Crippen LogP contribution is -2.47. The molecule has 0 saturated heterocycles. The van der Waals surface area contributed by atoms with Crippen molar-refractivity contribution in [3.05, 3.63) is 0 Å². The fourth-order valence-corrected chi connectivity index (χ4v) is 1.68. The quantitative estimate of drug-likeness (QED) is 0.549. The van der Waals surface area contributed by atoms with E-state index in [4.69, 9.17) is 5.73 Å². The highest BCUT2D eigenvalue weighted by molar-refractivity contribution is 5.87. The number of hydrogen-bond acceptors (Lipinski definition) is 3. The van der Waals surface area contributed by atoms with Crippen LogP contribution in [0.3, 0.4) is 0 Å². The molecular weight excluding hydrogens is 230 g/mol. The van der Waals surface area contributed by atoms with Crippen LogP contribution in [0.5, 0.6) is 0 Å². The molecule has 0 heterocycles. The Hall–Kier alpha value is -1.10. The molecule has 0 spiro atoms. The highest BCUT2D eigenvalue weighted by Gasteiger charge is 2.20. The molecular formula is C13H25N3O2. The molecule has 4 N–H and O–H groups in total. The Kier molecular flexibility index (Phi) is 6.12. The van der Waals surface area contributed by atoms with Gasteiger partial charge >= 0.3 is 0 Å². The monoisotopic (exact) mass is 255 g/mol. The molecule has 1 aliphatic carbocycles. The summed E-state index contributed by atoms with van der Waals surface area (Å²) in [5.74, 6) is 0.561. The number of carbonyl (C=O) groups is 2. The van der Waals surface area contributed by atoms with Crippen LogP contribution in [0.15, 0.2) is 0 Å². The molecule has 0 unspecified atom stereocenters. The van der Waals surface area contributed by atoms with Gasteiger partial charge in [0, 0.05) is 6.54 Å². The van der Waals surface area contributed by atoms with Gasteiger partial charge in [-0.3, -0.25) is 9.59 Å². The average Bonchev–Trinajstić information content (AvgIpc) is 3.14. The van der Waals surface area contributed by atoms with Gasteiger partial charge in [-0.2, -0.15) is 0 Å². The summed E-state index contributed by atoms with van der Waals surface area (Å²) in [6, 6.07) is -0.548. The lowest BCUT2D eigenvalue weighted by molar-refractivity contribution is -0.127. The van der Waals surface area contributed by atoms with E-state index in [-0.39, 0.29) is 24.3 Å². The molecule has 5 nitrogen and oxygen atoms in total. The lowest BCUT2D eigenvalue weighted by atomic mass is 10.1. The first kappa shape index (κ1) is 15.0. The Morgan fingerprint density at radius 1 is 1.28 bits per heavy atom. The summed E-state index contributed by atoms with van der Waals surface area (Å²) in [5.41, 5.74) is 5.66. The zero-order valence-electron chi connectivity index (χ0n) is 11.4. The third kappa shape index (κ3) is 6.00. The molecule has 18 heavy (non-hydrogen) atoms. The van der Waals surface area contributed by atoms with Crippen molar-refractivity contribution in [3.8, 4) is 0 Å². The molecule has 1 atom stereocenters. The van der Waals surface area contributed by atoms with Crippen LogP contribution in [0.4, 0.5) is 0 Å². The van der Waals surface area contributed by atoms with E-state index in [0.29, 0.717) is 6.54 Å². The summed E-state index contributed by atoms with van der Waals surface area (Å²) in [7, 11) is 0. The molecule has 0 aromatic carbocycles. The highest BCUT2D eigenvalue weighted by Crippen LogP contribution is 2.33. The molecule has 0 aliphatic heterocycles. The SMILES string of the molecule is CC(C)[C@H](N)C(=O)NCC(=O)NCCCC1CC1. The van der Waals surface area contributed by atoms with Crippen LogP contribution in [-0.4, -0.2) is 30.9 Å². The second-order valence-corrected chi connectivity index (χ2v) is 5.42. The maximum atomic E-state index is 11.5. The third-order valence-electron chi connectivity index (χ3n) is 3.25. The van der Waals surface area contributed by atoms with Crippen molar-refractivity contribution in [1.29, 1.82) is 0 Å². The van der Waals surface area contributed by atoms with Crippen LogP contribution in [0, 0.1) is 11.8 Å². The van der Waals surface area contributed by atoms with E-state index < -0.39 is 6.04 Å². The minimum Gasteiger partial charge on any atom is -0.355 e. The standard InChI is InChI=1S/C13H25N3O2/c1-9(2)12(14)13(18)16-8-11(17)15-7-3-4-10-5-6-10/h9-10,12H,3-8,14H2,1-2H3,(H,15,17)(H,16,18)/t12-/m0/s1. The maximum Gasteiger partial charge on any atom is 0.239 e. The van der Waals surface area contributed by atoms with Crippen LogP contribution in [0.1, 0.15) is 39.5 Å². The Labute approximate surface area is 109 Å². The van der Waals surface area contributed by atoms with Crippen molar-refractivity contribution in [3.63, 3.8) is 0 Å². The van der Waals surface area contributed by atoms with Gasteiger partial charge in [0.1, 0.15) is 0 Å². The van der Waals surface area contributed by atoms with Gasteiger partial charge in [0.15, 0.2) is 0 Å². The van der Waals surface area contributed by atoms with E-state index in [1.54, 1.807) is 0 Å². The van der Waals surface area contributed by atoms with Gasteiger partial charge in [0.25, 0.3) is 0 Å². The van der Waals surface area contributed by atoms with E-state index in [2.05, 4.69) is 10.6 Å². The average molecular weight is 255 g/mol. The second-order valence-electron chi connectivity index (χ2n) is 5.42. The molecule has 0 aromatic heterocycles. The van der Waals surface area contributed by atoms with Crippen molar-refractivity contribution in [2.75, 3.05) is 13.1 Å². The fraction of sp³-hybridized carbons (Fsp3) is 0.846. The number of nitrogens with one attached hydrogen (secondary N) is 2. The van der Waals surface area contributed by atoms with E-state index in [1.807, 2.05) is 13.8 Å². The number of hydrogen-bond donors (Lipinski definition) is 3. The molecule has 1 fully saturated rings. The summed E-state index contributed by atoms with van der Waals surface area (Å²) < 4.78 is 0. The van der Waals surface area contributed by atoms with Crippen LogP contribution in [0.2, 0.25) is 0 Å². The zero-order valence-corrected chi connectivity index (χ0v) is 11.4. The zero-order chi connectivity index (χ0) is 13.5. The van der Waals surface area contributed by atoms with Gasteiger partial charge in [-0.05, 0) is 24.7 Å². The fourth-order valence-electron chi connectivity index (χ4n) is 1.68. The van der Waals surface area contributed by atoms with Crippen LogP contribution < -0.4 is 16.4 Å². The highest BCUT2D eigenvalue weighted by atomic mass is 16.2. The lowest BCUT2D eigenvalue weighted by Gasteiger charge is -2.15. The first-order valence-corrected chi connectivity index (χ1v) is 6.80. The largest absolute Gasteiger partial charge is 0.355 e. The van der Waals surface area contributed by atoms with Gasteiger partial charge in [0.2, 0.25) is 11.8 Å². The molecule has 0 bridgehead atoms. The van der Waals surface area contributed by atoms with Crippen LogP contribution >= 0.6 is 0 Å². The molecule has 0 radical (unpaired) electrons. The molecule has 5 heteroatoms. The van der Waals surface area contributed by atoms with Crippen molar-refractivity contribution in [2.24, 2.45) is 17.6 Å². The predicted octanol–water partition coefficient (Wildman–Crippen LogP) is 0.392. The van der Waals surface area contributed by atoms with Crippen molar-refractivity contribution in [1.82, 2.24) is 10.6 Å². The molecule has 2 amide bonds. The molecule has 1 rings (SSSR count). The minimum atomic E-state index is -0.548. The number of amides is 2. The van der Waals surface area contributed by atoms with Crippen LogP contribution in [-0.2, 0) is 9.59 Å². The van der Waals surface area contributed by atoms with Crippen molar-refractivity contribution >= 4 is 11.8 Å². The molecule has 104 valence electrons. The second kappa shape index (κ2) is 7.36. The first-order chi connectivity index (χ1) is 8.50. The van der Waals surface area contributed by atoms with Crippen LogP contribution in [0.25, 0.3) is 0 Å². The summed E-state index contributed by atoms with van der Waals surface area (Å²) in [6.07, 6.45) is 4.91. The maximum absolute atomic E-state index is 11.5. The first-order valence-electron chi connectivity index (χ1n) is 6.80. The Morgan fingerprint density at radius 2 is 1.94 bits per heavy atom. The van der Waals surface area contributed by atoms with Gasteiger partial charge in [-0.1, -0.05) is 26.7 Å². The number of rotatable bonds is 8. The Balaban J connectivity index is 2.02. The molecule has 0 aromatic rings. The van der Waals surface area contributed by atoms with E-state index in [9.17, 15) is 9.59 Å². The van der Waals surface area contributed by atoms with E-state index in [0.717, 1.165) is 12.3 Å². The molecule has 1 aliphatic rings. The van der Waals surface area contributed by atoms with E-state index in [1.165, 1.54) is 19.3 Å². The number of nitrogens with two attached hydrogens (primary N) is 1. The Bertz CT molecular complexity index is 288. The van der Waals surface area contributed by atoms with Gasteiger partial charge < -0.3 is 16.4 Å². The third-order valence-corrected chi connectivity index (χ3v) is 3.25. The topological polar surface area (TPSA) is 84.2 Å². The predicted molar refractivity (Wildman–Crippen MR) is 70.8 cm³/mol. The Morgan fingerprint density at radius 3 is 2.50 bits per heavy atom. The number of carbonyl (C=O) groups excluding carboxylic acids is 2. The summed E-state index contributed by atoms with van der Waals surface area (Å²) >= 11 is 0.